The lowest BCUT2D eigenvalue weighted by atomic mass is 10.1. The Bertz CT molecular complexity index is 958. The third-order valence-corrected chi connectivity index (χ3v) is 4.55. The lowest BCUT2D eigenvalue weighted by molar-refractivity contribution is -0.115. The lowest BCUT2D eigenvalue weighted by Gasteiger charge is -2.13. The molecule has 6 heteroatoms. The summed E-state index contributed by atoms with van der Waals surface area (Å²) in [4.78, 5) is 20.4. The van der Waals surface area contributed by atoms with Crippen molar-refractivity contribution in [2.45, 2.75) is 18.9 Å². The lowest BCUT2D eigenvalue weighted by Crippen LogP contribution is -2.31. The standard InChI is InChI=1S/C21H21N5O/c22-17(8-14-4-2-1-3-5-14)11-24-20-13-23-12-19(25-20)15-6-7-18-16(9-15)10-21(27)26-18/h1-7,9,12-13,17H,8,10-11,22H2,(H,24,25)(H,26,27). The van der Waals surface area contributed by atoms with E-state index in [1.54, 1.807) is 12.4 Å². The molecule has 6 nitrogen and oxygen atoms in total. The molecule has 1 aliphatic rings. The highest BCUT2D eigenvalue weighted by Crippen LogP contribution is 2.28. The number of nitrogens with zero attached hydrogens (tertiary/aromatic N) is 2. The summed E-state index contributed by atoms with van der Waals surface area (Å²) in [6.07, 6.45) is 4.62. The smallest absolute Gasteiger partial charge is 0.228 e. The summed E-state index contributed by atoms with van der Waals surface area (Å²) in [6.45, 7) is 0.607. The van der Waals surface area contributed by atoms with E-state index in [9.17, 15) is 4.79 Å². The van der Waals surface area contributed by atoms with E-state index in [-0.39, 0.29) is 11.9 Å². The van der Waals surface area contributed by atoms with Gasteiger partial charge in [-0.25, -0.2) is 4.98 Å². The third-order valence-electron chi connectivity index (χ3n) is 4.55. The number of nitrogens with one attached hydrogen (secondary N) is 2. The van der Waals surface area contributed by atoms with Gasteiger partial charge in [0.15, 0.2) is 0 Å². The fraction of sp³-hybridized carbons (Fsp3) is 0.190. The molecule has 0 bridgehead atoms. The van der Waals surface area contributed by atoms with Crippen LogP contribution in [0.25, 0.3) is 11.3 Å². The Labute approximate surface area is 157 Å². The molecule has 1 atom stereocenters. The Morgan fingerprint density at radius 3 is 2.85 bits per heavy atom. The fourth-order valence-electron chi connectivity index (χ4n) is 3.20. The Hall–Kier alpha value is -3.25. The molecule has 0 spiro atoms. The second-order valence-electron chi connectivity index (χ2n) is 6.72. The maximum atomic E-state index is 11.5. The average Bonchev–Trinajstić information content (AvgIpc) is 3.06. The van der Waals surface area contributed by atoms with Crippen LogP contribution in [0.3, 0.4) is 0 Å². The summed E-state index contributed by atoms with van der Waals surface area (Å²) in [6, 6.07) is 16.0. The van der Waals surface area contributed by atoms with E-state index in [2.05, 4.69) is 32.7 Å². The maximum absolute atomic E-state index is 11.5. The van der Waals surface area contributed by atoms with Crippen LogP contribution in [0.5, 0.6) is 0 Å². The molecule has 2 aromatic carbocycles. The van der Waals surface area contributed by atoms with Crippen LogP contribution in [-0.2, 0) is 17.6 Å². The minimum atomic E-state index is -0.0186. The average molecular weight is 359 g/mol. The Morgan fingerprint density at radius 1 is 1.15 bits per heavy atom. The molecule has 0 aliphatic carbocycles. The quantitative estimate of drug-likeness (QED) is 0.629. The summed E-state index contributed by atoms with van der Waals surface area (Å²) >= 11 is 0. The number of fused-ring (bicyclic) bond motifs is 1. The van der Waals surface area contributed by atoms with E-state index >= 15 is 0 Å². The molecule has 0 radical (unpaired) electrons. The van der Waals surface area contributed by atoms with Crippen LogP contribution in [0.2, 0.25) is 0 Å². The Balaban J connectivity index is 1.42. The molecule has 0 saturated carbocycles. The predicted octanol–water partition coefficient (Wildman–Crippen LogP) is 2.62. The highest BCUT2D eigenvalue weighted by atomic mass is 16.1. The first kappa shape index (κ1) is 17.2. The second-order valence-corrected chi connectivity index (χ2v) is 6.72. The number of amides is 1. The number of carbonyl (C=O) groups is 1. The number of benzene rings is 2. The molecule has 3 aromatic rings. The van der Waals surface area contributed by atoms with E-state index in [0.717, 1.165) is 28.9 Å². The fourth-order valence-corrected chi connectivity index (χ4v) is 3.20. The molecular formula is C21H21N5O. The minimum Gasteiger partial charge on any atom is -0.367 e. The normalized spacial score (nSPS) is 13.7. The number of hydrogen-bond donors (Lipinski definition) is 3. The molecule has 4 rings (SSSR count). The van der Waals surface area contributed by atoms with Crippen LogP contribution < -0.4 is 16.4 Å². The molecular weight excluding hydrogens is 338 g/mol. The van der Waals surface area contributed by atoms with Crippen LogP contribution in [-0.4, -0.2) is 28.5 Å². The zero-order chi connectivity index (χ0) is 18.6. The van der Waals surface area contributed by atoms with Crippen LogP contribution in [0.15, 0.2) is 60.9 Å². The molecule has 0 saturated heterocycles. The summed E-state index contributed by atoms with van der Waals surface area (Å²) in [5, 5.41) is 6.11. The van der Waals surface area contributed by atoms with Gasteiger partial charge in [0.25, 0.3) is 0 Å². The first-order valence-corrected chi connectivity index (χ1v) is 8.96. The highest BCUT2D eigenvalue weighted by Gasteiger charge is 2.18. The molecule has 136 valence electrons. The number of hydrogen-bond acceptors (Lipinski definition) is 5. The Kier molecular flexibility index (Phi) is 4.80. The van der Waals surface area contributed by atoms with Crippen molar-refractivity contribution in [1.29, 1.82) is 0 Å². The van der Waals surface area contributed by atoms with E-state index in [1.807, 2.05) is 36.4 Å². The summed E-state index contributed by atoms with van der Waals surface area (Å²) in [5.74, 6) is 0.710. The second kappa shape index (κ2) is 7.55. The van der Waals surface area contributed by atoms with Crippen molar-refractivity contribution in [3.05, 3.63) is 72.1 Å². The SMILES string of the molecule is NC(CNc1cncc(-c2ccc3c(c2)CC(=O)N3)n1)Cc1ccccc1. The first-order valence-electron chi connectivity index (χ1n) is 8.96. The molecule has 1 aliphatic heterocycles. The van der Waals surface area contributed by atoms with Gasteiger partial charge in [-0.2, -0.15) is 0 Å². The molecule has 2 heterocycles. The summed E-state index contributed by atoms with van der Waals surface area (Å²) < 4.78 is 0. The van der Waals surface area contributed by atoms with Gasteiger partial charge in [-0.15, -0.1) is 0 Å². The van der Waals surface area contributed by atoms with Crippen LogP contribution in [0.4, 0.5) is 11.5 Å². The van der Waals surface area contributed by atoms with E-state index in [0.29, 0.717) is 18.8 Å². The van der Waals surface area contributed by atoms with Crippen molar-refractivity contribution >= 4 is 17.4 Å². The third kappa shape index (κ3) is 4.12. The van der Waals surface area contributed by atoms with E-state index < -0.39 is 0 Å². The van der Waals surface area contributed by atoms with Crippen molar-refractivity contribution in [3.63, 3.8) is 0 Å². The molecule has 1 unspecified atom stereocenters. The largest absolute Gasteiger partial charge is 0.367 e. The molecule has 1 aromatic heterocycles. The van der Waals surface area contributed by atoms with Gasteiger partial charge in [0.05, 0.1) is 24.5 Å². The van der Waals surface area contributed by atoms with E-state index in [4.69, 9.17) is 5.73 Å². The number of rotatable bonds is 6. The topological polar surface area (TPSA) is 92.9 Å². The molecule has 4 N–H and O–H groups in total. The van der Waals surface area contributed by atoms with Crippen molar-refractivity contribution < 1.29 is 4.79 Å². The number of nitrogens with two attached hydrogens (primary N) is 1. The van der Waals surface area contributed by atoms with Crippen molar-refractivity contribution in [2.75, 3.05) is 17.2 Å². The zero-order valence-corrected chi connectivity index (χ0v) is 14.9. The highest BCUT2D eigenvalue weighted by molar-refractivity contribution is 5.99. The van der Waals surface area contributed by atoms with Gasteiger partial charge in [0.2, 0.25) is 5.91 Å². The van der Waals surface area contributed by atoms with Crippen molar-refractivity contribution in [3.8, 4) is 11.3 Å². The molecule has 1 amide bonds. The number of aromatic nitrogens is 2. The number of carbonyl (C=O) groups excluding carboxylic acids is 1. The van der Waals surface area contributed by atoms with E-state index in [1.165, 1.54) is 5.56 Å². The molecule has 0 fully saturated rings. The minimum absolute atomic E-state index is 0.0186. The van der Waals surface area contributed by atoms with Gasteiger partial charge in [0, 0.05) is 23.8 Å². The molecule has 27 heavy (non-hydrogen) atoms. The summed E-state index contributed by atoms with van der Waals surface area (Å²) in [7, 11) is 0. The van der Waals surface area contributed by atoms with Gasteiger partial charge in [-0.1, -0.05) is 36.4 Å². The Morgan fingerprint density at radius 2 is 2.00 bits per heavy atom. The summed E-state index contributed by atoms with van der Waals surface area (Å²) in [5.41, 5.74) is 11.0. The van der Waals surface area contributed by atoms with Crippen molar-refractivity contribution in [2.24, 2.45) is 5.73 Å². The number of anilines is 2. The van der Waals surface area contributed by atoms with Gasteiger partial charge in [-0.05, 0) is 29.7 Å². The van der Waals surface area contributed by atoms with Crippen molar-refractivity contribution in [1.82, 2.24) is 9.97 Å². The maximum Gasteiger partial charge on any atom is 0.228 e. The van der Waals surface area contributed by atoms with Crippen LogP contribution in [0, 0.1) is 0 Å². The first-order chi connectivity index (χ1) is 13.2. The van der Waals surface area contributed by atoms with Crippen LogP contribution in [0.1, 0.15) is 11.1 Å². The van der Waals surface area contributed by atoms with Crippen LogP contribution >= 0.6 is 0 Å². The predicted molar refractivity (Wildman–Crippen MR) is 106 cm³/mol. The van der Waals surface area contributed by atoms with Gasteiger partial charge < -0.3 is 16.4 Å². The van der Waals surface area contributed by atoms with Gasteiger partial charge in [0.1, 0.15) is 5.82 Å². The van der Waals surface area contributed by atoms with Gasteiger partial charge in [-0.3, -0.25) is 9.78 Å². The zero-order valence-electron chi connectivity index (χ0n) is 14.9. The monoisotopic (exact) mass is 359 g/mol. The van der Waals surface area contributed by atoms with Gasteiger partial charge >= 0.3 is 0 Å².